The smallest absolute Gasteiger partial charge is 0.279 e. The lowest BCUT2D eigenvalue weighted by molar-refractivity contribution is 0.0848. The molecule has 1 aromatic carbocycles. The summed E-state index contributed by atoms with van der Waals surface area (Å²) in [5.41, 5.74) is 5.18. The van der Waals surface area contributed by atoms with Crippen LogP contribution in [0.15, 0.2) is 35.7 Å². The summed E-state index contributed by atoms with van der Waals surface area (Å²) in [5, 5.41) is 1.79. The molecule has 2 rings (SSSR count). The molecule has 0 spiro atoms. The molecule has 0 bridgehead atoms. The van der Waals surface area contributed by atoms with E-state index in [1.54, 1.807) is 35.7 Å². The minimum atomic E-state index is -0.423. The van der Waals surface area contributed by atoms with Gasteiger partial charge >= 0.3 is 0 Å². The maximum absolute atomic E-state index is 12.3. The van der Waals surface area contributed by atoms with E-state index in [4.69, 9.17) is 9.47 Å². The van der Waals surface area contributed by atoms with Crippen LogP contribution >= 0.6 is 11.3 Å². The lowest BCUT2D eigenvalue weighted by atomic mass is 10.2. The van der Waals surface area contributed by atoms with Gasteiger partial charge in [-0.05, 0) is 42.5 Å². The fourth-order valence-electron chi connectivity index (χ4n) is 1.96. The molecule has 0 aliphatic rings. The van der Waals surface area contributed by atoms with Crippen molar-refractivity contribution in [2.45, 2.75) is 26.7 Å². The largest absolute Gasteiger partial charge is 0.490 e. The van der Waals surface area contributed by atoms with Crippen LogP contribution in [0.25, 0.3) is 0 Å². The molecule has 0 unspecified atom stereocenters. The van der Waals surface area contributed by atoms with Crippen LogP contribution in [-0.2, 0) is 0 Å². The number of hydrogen-bond acceptors (Lipinski definition) is 5. The molecule has 2 N–H and O–H groups in total. The monoisotopic (exact) mass is 362 g/mol. The summed E-state index contributed by atoms with van der Waals surface area (Å²) in [7, 11) is 0. The van der Waals surface area contributed by atoms with Gasteiger partial charge in [0.1, 0.15) is 0 Å². The van der Waals surface area contributed by atoms with Crippen molar-refractivity contribution in [1.82, 2.24) is 10.9 Å². The molecule has 0 fully saturated rings. The Morgan fingerprint density at radius 2 is 1.64 bits per heavy atom. The number of ether oxygens (including phenoxy) is 2. The second-order valence-corrected chi connectivity index (χ2v) is 6.19. The topological polar surface area (TPSA) is 76.7 Å². The summed E-state index contributed by atoms with van der Waals surface area (Å²) in [4.78, 5) is 24.6. The van der Waals surface area contributed by atoms with Crippen LogP contribution in [0.3, 0.4) is 0 Å². The maximum Gasteiger partial charge on any atom is 0.279 e. The molecule has 0 atom stereocenters. The Bertz CT molecular complexity index is 701. The van der Waals surface area contributed by atoms with E-state index in [1.165, 1.54) is 11.3 Å². The summed E-state index contributed by atoms with van der Waals surface area (Å²) >= 11 is 1.30. The van der Waals surface area contributed by atoms with Gasteiger partial charge in [-0.1, -0.05) is 19.9 Å². The van der Waals surface area contributed by atoms with Crippen molar-refractivity contribution >= 4 is 23.2 Å². The van der Waals surface area contributed by atoms with Crippen molar-refractivity contribution in [1.29, 1.82) is 0 Å². The highest BCUT2D eigenvalue weighted by atomic mass is 32.1. The highest BCUT2D eigenvalue weighted by molar-refractivity contribution is 7.12. The molecule has 0 radical (unpaired) electrons. The van der Waals surface area contributed by atoms with E-state index < -0.39 is 5.91 Å². The maximum atomic E-state index is 12.3. The molecular weight excluding hydrogens is 340 g/mol. The molecule has 2 aromatic rings. The second kappa shape index (κ2) is 9.68. The Labute approximate surface area is 151 Å². The third-order valence-electron chi connectivity index (χ3n) is 3.16. The van der Waals surface area contributed by atoms with Gasteiger partial charge in [0.2, 0.25) is 0 Å². The van der Waals surface area contributed by atoms with E-state index in [2.05, 4.69) is 10.9 Å². The molecule has 2 amide bonds. The first kappa shape index (κ1) is 18.8. The van der Waals surface area contributed by atoms with Gasteiger partial charge in [0.15, 0.2) is 11.5 Å². The lowest BCUT2D eigenvalue weighted by Gasteiger charge is -2.13. The molecule has 0 saturated heterocycles. The number of hydrazine groups is 1. The van der Waals surface area contributed by atoms with Crippen molar-refractivity contribution in [2.75, 3.05) is 13.2 Å². The minimum Gasteiger partial charge on any atom is -0.490 e. The molecule has 1 heterocycles. The van der Waals surface area contributed by atoms with E-state index in [1.807, 2.05) is 13.8 Å². The summed E-state index contributed by atoms with van der Waals surface area (Å²) in [5.74, 6) is 0.351. The molecule has 0 aliphatic heterocycles. The molecule has 0 aliphatic carbocycles. The minimum absolute atomic E-state index is 0.353. The van der Waals surface area contributed by atoms with Gasteiger partial charge in [0.05, 0.1) is 18.1 Å². The number of hydrogen-bond donors (Lipinski definition) is 2. The quantitative estimate of drug-likeness (QED) is 0.706. The van der Waals surface area contributed by atoms with Crippen molar-refractivity contribution in [3.63, 3.8) is 0 Å². The van der Waals surface area contributed by atoms with E-state index in [0.717, 1.165) is 12.8 Å². The number of carbonyl (C=O) groups excluding carboxylic acids is 2. The van der Waals surface area contributed by atoms with Gasteiger partial charge in [-0.3, -0.25) is 20.4 Å². The predicted octanol–water partition coefficient (Wildman–Crippen LogP) is 3.40. The van der Waals surface area contributed by atoms with E-state index in [9.17, 15) is 9.59 Å². The van der Waals surface area contributed by atoms with E-state index in [-0.39, 0.29) is 5.91 Å². The van der Waals surface area contributed by atoms with Crippen LogP contribution in [0.5, 0.6) is 11.5 Å². The van der Waals surface area contributed by atoms with Crippen molar-refractivity contribution in [2.24, 2.45) is 0 Å². The van der Waals surface area contributed by atoms with Gasteiger partial charge in [0.25, 0.3) is 11.8 Å². The van der Waals surface area contributed by atoms with Crippen LogP contribution in [0.2, 0.25) is 0 Å². The molecule has 0 saturated carbocycles. The standard InChI is InChI=1S/C18H22N2O4S/c1-3-9-23-14-8-7-13(12-15(14)24-10-4-2)17(21)19-20-18(22)16-6-5-11-25-16/h5-8,11-12H,3-4,9-10H2,1-2H3,(H,19,21)(H,20,22). The third kappa shape index (κ3) is 5.49. The van der Waals surface area contributed by atoms with Crippen LogP contribution in [0, 0.1) is 0 Å². The Balaban J connectivity index is 2.03. The molecule has 134 valence electrons. The van der Waals surface area contributed by atoms with Gasteiger partial charge in [-0.15, -0.1) is 11.3 Å². The third-order valence-corrected chi connectivity index (χ3v) is 4.03. The number of nitrogens with one attached hydrogen (secondary N) is 2. The van der Waals surface area contributed by atoms with Gasteiger partial charge in [-0.2, -0.15) is 0 Å². The first-order valence-corrected chi connectivity index (χ1v) is 9.07. The number of amides is 2. The highest BCUT2D eigenvalue weighted by Crippen LogP contribution is 2.28. The van der Waals surface area contributed by atoms with Gasteiger partial charge in [-0.25, -0.2) is 0 Å². The first-order valence-electron chi connectivity index (χ1n) is 8.19. The Morgan fingerprint density at radius 3 is 2.28 bits per heavy atom. The number of rotatable bonds is 8. The van der Waals surface area contributed by atoms with E-state index >= 15 is 0 Å². The average Bonchev–Trinajstić information content (AvgIpc) is 3.17. The molecule has 6 nitrogen and oxygen atoms in total. The van der Waals surface area contributed by atoms with Crippen LogP contribution in [0.4, 0.5) is 0 Å². The summed E-state index contributed by atoms with van der Waals surface area (Å²) in [6.45, 7) is 5.13. The average molecular weight is 362 g/mol. The second-order valence-electron chi connectivity index (χ2n) is 5.24. The zero-order valence-electron chi connectivity index (χ0n) is 14.3. The number of benzene rings is 1. The summed E-state index contributed by atoms with van der Waals surface area (Å²) in [6.07, 6.45) is 1.73. The van der Waals surface area contributed by atoms with Gasteiger partial charge in [0, 0.05) is 5.56 Å². The van der Waals surface area contributed by atoms with Crippen molar-refractivity contribution in [3.8, 4) is 11.5 Å². The highest BCUT2D eigenvalue weighted by Gasteiger charge is 2.13. The molecule has 1 aromatic heterocycles. The SMILES string of the molecule is CCCOc1ccc(C(=O)NNC(=O)c2cccs2)cc1OCCC. The van der Waals surface area contributed by atoms with Crippen molar-refractivity contribution < 1.29 is 19.1 Å². The summed E-state index contributed by atoms with van der Waals surface area (Å²) in [6, 6.07) is 8.41. The van der Waals surface area contributed by atoms with Gasteiger partial charge < -0.3 is 9.47 Å². The number of thiophene rings is 1. The zero-order valence-corrected chi connectivity index (χ0v) is 15.2. The molecule has 7 heteroatoms. The van der Waals surface area contributed by atoms with E-state index in [0.29, 0.717) is 35.2 Å². The Kier molecular flexibility index (Phi) is 7.28. The molecule has 25 heavy (non-hydrogen) atoms. The Morgan fingerprint density at radius 1 is 0.960 bits per heavy atom. The Hall–Kier alpha value is -2.54. The summed E-state index contributed by atoms with van der Waals surface area (Å²) < 4.78 is 11.3. The normalized spacial score (nSPS) is 10.2. The number of carbonyl (C=O) groups is 2. The van der Waals surface area contributed by atoms with Crippen LogP contribution in [-0.4, -0.2) is 25.0 Å². The fourth-order valence-corrected chi connectivity index (χ4v) is 2.58. The first-order chi connectivity index (χ1) is 12.2. The van der Waals surface area contributed by atoms with Crippen LogP contribution < -0.4 is 20.3 Å². The predicted molar refractivity (Wildman–Crippen MR) is 97.3 cm³/mol. The zero-order chi connectivity index (χ0) is 18.1. The fraction of sp³-hybridized carbons (Fsp3) is 0.333. The van der Waals surface area contributed by atoms with Crippen LogP contribution in [0.1, 0.15) is 46.7 Å². The lowest BCUT2D eigenvalue weighted by Crippen LogP contribution is -2.41. The molecular formula is C18H22N2O4S. The van der Waals surface area contributed by atoms with Crippen molar-refractivity contribution in [3.05, 3.63) is 46.2 Å².